The average molecular weight is 250 g/mol. The monoisotopic (exact) mass is 250 g/mol. The second kappa shape index (κ2) is 4.29. The number of amides is 1. The highest BCUT2D eigenvalue weighted by molar-refractivity contribution is 5.99. The molecule has 0 aliphatic heterocycles. The number of ketones is 1. The highest BCUT2D eigenvalue weighted by atomic mass is 16.4. The molecular formula is C12H14N2O4. The van der Waals surface area contributed by atoms with E-state index in [0.29, 0.717) is 18.4 Å². The van der Waals surface area contributed by atoms with Crippen molar-refractivity contribution in [3.63, 3.8) is 0 Å². The summed E-state index contributed by atoms with van der Waals surface area (Å²) >= 11 is 0. The maximum atomic E-state index is 11.7. The van der Waals surface area contributed by atoms with E-state index in [-0.39, 0.29) is 18.0 Å². The maximum Gasteiger partial charge on any atom is 0.311 e. The molecule has 0 spiro atoms. The predicted octanol–water partition coefficient (Wildman–Crippen LogP) is 0.812. The van der Waals surface area contributed by atoms with Crippen molar-refractivity contribution in [1.82, 2.24) is 10.3 Å². The first-order chi connectivity index (χ1) is 8.44. The molecule has 96 valence electrons. The number of nitrogens with one attached hydrogen (secondary N) is 2. The molecule has 0 radical (unpaired) electrons. The van der Waals surface area contributed by atoms with Gasteiger partial charge in [0.2, 0.25) is 0 Å². The topological polar surface area (TPSA) is 99.3 Å². The van der Waals surface area contributed by atoms with E-state index in [1.807, 2.05) is 0 Å². The molecule has 18 heavy (non-hydrogen) atoms. The van der Waals surface area contributed by atoms with Gasteiger partial charge in [0.15, 0.2) is 5.78 Å². The Hall–Kier alpha value is -2.11. The third-order valence-corrected chi connectivity index (χ3v) is 3.23. The zero-order valence-corrected chi connectivity index (χ0v) is 9.95. The Kier molecular flexibility index (Phi) is 2.94. The van der Waals surface area contributed by atoms with E-state index in [4.69, 9.17) is 5.11 Å². The van der Waals surface area contributed by atoms with E-state index in [9.17, 15) is 14.4 Å². The summed E-state index contributed by atoms with van der Waals surface area (Å²) < 4.78 is 0. The van der Waals surface area contributed by atoms with Crippen molar-refractivity contribution in [3.05, 3.63) is 23.5 Å². The van der Waals surface area contributed by atoms with Crippen LogP contribution >= 0.6 is 0 Å². The molecule has 0 aromatic carbocycles. The molecule has 1 aliphatic carbocycles. The molecule has 6 heteroatoms. The van der Waals surface area contributed by atoms with Crippen LogP contribution in [-0.4, -0.2) is 34.3 Å². The lowest BCUT2D eigenvalue weighted by atomic mass is 10.1. The van der Waals surface area contributed by atoms with Crippen LogP contribution in [0.4, 0.5) is 0 Å². The van der Waals surface area contributed by atoms with Crippen LogP contribution in [0, 0.1) is 5.41 Å². The molecule has 1 aliphatic rings. The van der Waals surface area contributed by atoms with Gasteiger partial charge in [-0.1, -0.05) is 0 Å². The molecular weight excluding hydrogens is 236 g/mol. The third-order valence-electron chi connectivity index (χ3n) is 3.23. The molecule has 1 saturated carbocycles. The summed E-state index contributed by atoms with van der Waals surface area (Å²) in [4.78, 5) is 36.4. The maximum absolute atomic E-state index is 11.7. The molecule has 2 rings (SSSR count). The number of hydrogen-bond acceptors (Lipinski definition) is 3. The van der Waals surface area contributed by atoms with Crippen LogP contribution in [0.15, 0.2) is 12.3 Å². The van der Waals surface area contributed by atoms with Gasteiger partial charge in [0.25, 0.3) is 5.91 Å². The summed E-state index contributed by atoms with van der Waals surface area (Å²) in [6.45, 7) is 1.53. The molecule has 0 atom stereocenters. The van der Waals surface area contributed by atoms with Crippen molar-refractivity contribution >= 4 is 17.7 Å². The normalized spacial score (nSPS) is 16.1. The molecule has 0 saturated heterocycles. The lowest BCUT2D eigenvalue weighted by Gasteiger charge is -2.10. The van der Waals surface area contributed by atoms with E-state index in [1.165, 1.54) is 19.2 Å². The Labute approximate surface area is 103 Å². The van der Waals surface area contributed by atoms with Crippen molar-refractivity contribution in [3.8, 4) is 0 Å². The standard InChI is InChI=1S/C12H14N2O4/c1-7(15)8-4-9(13-5-8)10(16)14-6-12(2-3-12)11(17)18/h4-5,13H,2-3,6H2,1H3,(H,14,16)(H,17,18). The van der Waals surface area contributed by atoms with Gasteiger partial charge in [-0.25, -0.2) is 0 Å². The Morgan fingerprint density at radius 1 is 1.44 bits per heavy atom. The van der Waals surface area contributed by atoms with Gasteiger partial charge in [-0.05, 0) is 25.8 Å². The minimum Gasteiger partial charge on any atom is -0.481 e. The lowest BCUT2D eigenvalue weighted by molar-refractivity contribution is -0.143. The minimum atomic E-state index is -0.876. The quantitative estimate of drug-likeness (QED) is 0.673. The number of carboxylic acids is 1. The number of hydrogen-bond donors (Lipinski definition) is 3. The fourth-order valence-corrected chi connectivity index (χ4v) is 1.69. The fraction of sp³-hybridized carbons (Fsp3) is 0.417. The highest BCUT2D eigenvalue weighted by Crippen LogP contribution is 2.45. The van der Waals surface area contributed by atoms with E-state index < -0.39 is 17.3 Å². The number of Topliss-reactive ketones (excluding diaryl/α,β-unsaturated/α-hetero) is 1. The number of rotatable bonds is 5. The first-order valence-electron chi connectivity index (χ1n) is 5.65. The predicted molar refractivity (Wildman–Crippen MR) is 62.4 cm³/mol. The van der Waals surface area contributed by atoms with Gasteiger partial charge in [-0.15, -0.1) is 0 Å². The zero-order chi connectivity index (χ0) is 13.3. The van der Waals surface area contributed by atoms with Crippen molar-refractivity contribution in [1.29, 1.82) is 0 Å². The third kappa shape index (κ3) is 2.27. The largest absolute Gasteiger partial charge is 0.481 e. The van der Waals surface area contributed by atoms with Crippen LogP contribution in [0.2, 0.25) is 0 Å². The van der Waals surface area contributed by atoms with E-state index in [0.717, 1.165) is 0 Å². The summed E-state index contributed by atoms with van der Waals surface area (Å²) in [5.41, 5.74) is -0.0908. The van der Waals surface area contributed by atoms with E-state index >= 15 is 0 Å². The van der Waals surface area contributed by atoms with Gasteiger partial charge in [0.05, 0.1) is 5.41 Å². The summed E-state index contributed by atoms with van der Waals surface area (Å²) in [6.07, 6.45) is 2.64. The number of carbonyl (C=O) groups is 3. The van der Waals surface area contributed by atoms with Crippen molar-refractivity contribution < 1.29 is 19.5 Å². The minimum absolute atomic E-state index is 0.121. The number of aromatic amines is 1. The second-order valence-electron chi connectivity index (χ2n) is 4.63. The Bertz CT molecular complexity index is 514. The van der Waals surface area contributed by atoms with Gasteiger partial charge in [-0.3, -0.25) is 14.4 Å². The fourth-order valence-electron chi connectivity index (χ4n) is 1.69. The van der Waals surface area contributed by atoms with Crippen LogP contribution in [0.1, 0.15) is 40.6 Å². The van der Waals surface area contributed by atoms with Gasteiger partial charge in [0.1, 0.15) is 5.69 Å². The molecule has 1 amide bonds. The van der Waals surface area contributed by atoms with Crippen molar-refractivity contribution in [2.45, 2.75) is 19.8 Å². The van der Waals surface area contributed by atoms with Crippen LogP contribution < -0.4 is 5.32 Å². The number of aliphatic carboxylic acids is 1. The van der Waals surface area contributed by atoms with Gasteiger partial charge in [0, 0.05) is 18.3 Å². The Morgan fingerprint density at radius 2 is 2.11 bits per heavy atom. The average Bonchev–Trinajstić information content (AvgIpc) is 2.94. The van der Waals surface area contributed by atoms with Crippen molar-refractivity contribution in [2.75, 3.05) is 6.54 Å². The molecule has 0 unspecified atom stereocenters. The smallest absolute Gasteiger partial charge is 0.311 e. The molecule has 3 N–H and O–H groups in total. The van der Waals surface area contributed by atoms with Gasteiger partial charge >= 0.3 is 5.97 Å². The van der Waals surface area contributed by atoms with Crippen LogP contribution in [0.5, 0.6) is 0 Å². The molecule has 0 bridgehead atoms. The number of H-pyrrole nitrogens is 1. The van der Waals surface area contributed by atoms with Crippen LogP contribution in [0.3, 0.4) is 0 Å². The first kappa shape index (κ1) is 12.3. The highest BCUT2D eigenvalue weighted by Gasteiger charge is 2.50. The van der Waals surface area contributed by atoms with Crippen LogP contribution in [0.25, 0.3) is 0 Å². The summed E-state index contributed by atoms with van der Waals surface area (Å²) in [6, 6.07) is 1.46. The second-order valence-corrected chi connectivity index (χ2v) is 4.63. The van der Waals surface area contributed by atoms with Crippen molar-refractivity contribution in [2.24, 2.45) is 5.41 Å². The number of aromatic nitrogens is 1. The molecule has 1 heterocycles. The summed E-state index contributed by atoms with van der Waals surface area (Å²) in [5, 5.41) is 11.5. The van der Waals surface area contributed by atoms with Gasteiger partial charge < -0.3 is 15.4 Å². The van der Waals surface area contributed by atoms with Crippen LogP contribution in [-0.2, 0) is 4.79 Å². The summed E-state index contributed by atoms with van der Waals surface area (Å²) in [7, 11) is 0. The van der Waals surface area contributed by atoms with E-state index in [2.05, 4.69) is 10.3 Å². The van der Waals surface area contributed by atoms with E-state index in [1.54, 1.807) is 0 Å². The number of carboxylic acid groups (broad SMARTS) is 1. The lowest BCUT2D eigenvalue weighted by Crippen LogP contribution is -2.34. The Morgan fingerprint density at radius 3 is 2.56 bits per heavy atom. The number of carbonyl (C=O) groups excluding carboxylic acids is 2. The first-order valence-corrected chi connectivity index (χ1v) is 5.65. The molecule has 6 nitrogen and oxygen atoms in total. The molecule has 1 aromatic rings. The molecule has 1 aromatic heterocycles. The molecule has 1 fully saturated rings. The summed E-state index contributed by atoms with van der Waals surface area (Å²) in [5.74, 6) is -1.40. The Balaban J connectivity index is 1.96. The zero-order valence-electron chi connectivity index (χ0n) is 9.95. The SMILES string of the molecule is CC(=O)c1c[nH]c(C(=O)NCC2(C(=O)O)CC2)c1. The van der Waals surface area contributed by atoms with Gasteiger partial charge in [-0.2, -0.15) is 0 Å².